The molecule has 0 unspecified atom stereocenters. The summed E-state index contributed by atoms with van der Waals surface area (Å²) < 4.78 is 18.7. The number of hydrogen-bond acceptors (Lipinski definition) is 3. The summed E-state index contributed by atoms with van der Waals surface area (Å²) >= 11 is 5.11. The van der Waals surface area contributed by atoms with Crippen LogP contribution in [0.3, 0.4) is 0 Å². The van der Waals surface area contributed by atoms with E-state index in [0.717, 1.165) is 24.3 Å². The van der Waals surface area contributed by atoms with E-state index in [1.807, 2.05) is 31.2 Å². The summed E-state index contributed by atoms with van der Waals surface area (Å²) in [5.41, 5.74) is 5.17. The van der Waals surface area contributed by atoms with Crippen molar-refractivity contribution >= 4 is 28.7 Å². The molecule has 0 radical (unpaired) electrons. The number of nitrogens with one attached hydrogen (secondary N) is 2. The van der Waals surface area contributed by atoms with E-state index in [1.165, 1.54) is 11.6 Å². The molecule has 4 nitrogen and oxygen atoms in total. The maximum absolute atomic E-state index is 13.5. The summed E-state index contributed by atoms with van der Waals surface area (Å²) in [4.78, 5) is 0. The topological polar surface area (TPSA) is 45.6 Å². The van der Waals surface area contributed by atoms with Crippen molar-refractivity contribution in [3.8, 4) is 5.75 Å². The third-order valence-electron chi connectivity index (χ3n) is 3.40. The molecule has 0 aromatic heterocycles. The Morgan fingerprint density at radius 2 is 1.88 bits per heavy atom. The number of nitrogens with zero attached hydrogens (tertiary/aromatic N) is 1. The first kappa shape index (κ1) is 17.9. The molecule has 0 aliphatic heterocycles. The average Bonchev–Trinajstić information content (AvgIpc) is 2.60. The molecule has 0 aliphatic carbocycles. The Bertz CT molecular complexity index is 716. The van der Waals surface area contributed by atoms with E-state index < -0.39 is 0 Å². The molecule has 2 rings (SSSR count). The molecular formula is C18H20FN3OS. The number of thiocarbonyl (C=S) groups is 1. The van der Waals surface area contributed by atoms with Crippen molar-refractivity contribution in [2.45, 2.75) is 19.8 Å². The number of rotatable bonds is 6. The normalized spacial score (nSPS) is 11.0. The molecule has 126 valence electrons. The van der Waals surface area contributed by atoms with Gasteiger partial charge in [-0.3, -0.25) is 5.43 Å². The van der Waals surface area contributed by atoms with Crippen molar-refractivity contribution in [1.82, 2.24) is 5.43 Å². The van der Waals surface area contributed by atoms with Crippen molar-refractivity contribution in [2.75, 3.05) is 12.4 Å². The number of para-hydroxylation sites is 1. The molecule has 0 spiro atoms. The van der Waals surface area contributed by atoms with Crippen LogP contribution in [-0.4, -0.2) is 17.9 Å². The zero-order valence-electron chi connectivity index (χ0n) is 13.7. The third kappa shape index (κ3) is 5.62. The highest BCUT2D eigenvalue weighted by Crippen LogP contribution is 2.13. The molecule has 24 heavy (non-hydrogen) atoms. The van der Waals surface area contributed by atoms with Crippen LogP contribution in [0.1, 0.15) is 18.9 Å². The molecule has 2 N–H and O–H groups in total. The minimum Gasteiger partial charge on any atom is -0.497 e. The highest BCUT2D eigenvalue weighted by molar-refractivity contribution is 7.80. The second-order valence-corrected chi connectivity index (χ2v) is 5.65. The molecular weight excluding hydrogens is 325 g/mol. The molecule has 0 fully saturated rings. The first-order valence-corrected chi connectivity index (χ1v) is 7.97. The first-order valence-electron chi connectivity index (χ1n) is 7.56. The average molecular weight is 345 g/mol. The number of anilines is 1. The van der Waals surface area contributed by atoms with Gasteiger partial charge in [-0.2, -0.15) is 5.10 Å². The standard InChI is InChI=1S/C18H20FN3OS/c1-13(7-8-14-9-11-15(23-2)12-10-14)21-22-18(24)20-17-6-4-3-5-16(17)19/h3-6,9-12H,7-8H2,1-2H3,(H2,20,22,24)/b21-13-. The van der Waals surface area contributed by atoms with Crippen molar-refractivity contribution < 1.29 is 9.13 Å². The molecule has 0 bridgehead atoms. The van der Waals surface area contributed by atoms with E-state index in [9.17, 15) is 4.39 Å². The SMILES string of the molecule is COc1ccc(CC/C(C)=N\NC(=S)Nc2ccccc2F)cc1. The van der Waals surface area contributed by atoms with Crippen LogP contribution in [0.15, 0.2) is 53.6 Å². The number of hydrogen-bond donors (Lipinski definition) is 2. The Labute approximate surface area is 146 Å². The third-order valence-corrected chi connectivity index (χ3v) is 3.60. The molecule has 0 atom stereocenters. The highest BCUT2D eigenvalue weighted by Gasteiger charge is 2.02. The second kappa shape index (κ2) is 8.98. The largest absolute Gasteiger partial charge is 0.497 e. The second-order valence-electron chi connectivity index (χ2n) is 5.24. The monoisotopic (exact) mass is 345 g/mol. The Hall–Kier alpha value is -2.47. The van der Waals surface area contributed by atoms with E-state index in [1.54, 1.807) is 25.3 Å². The molecule has 2 aromatic carbocycles. The van der Waals surface area contributed by atoms with Crippen LogP contribution in [0.5, 0.6) is 5.75 Å². The first-order chi connectivity index (χ1) is 11.6. The summed E-state index contributed by atoms with van der Waals surface area (Å²) in [6, 6.07) is 14.3. The fraction of sp³-hybridized carbons (Fsp3) is 0.222. The summed E-state index contributed by atoms with van der Waals surface area (Å²) in [5.74, 6) is 0.484. The van der Waals surface area contributed by atoms with Gasteiger partial charge in [0.25, 0.3) is 0 Å². The van der Waals surface area contributed by atoms with Crippen LogP contribution in [0, 0.1) is 5.82 Å². The van der Waals surface area contributed by atoms with E-state index in [-0.39, 0.29) is 10.9 Å². The summed E-state index contributed by atoms with van der Waals surface area (Å²) in [5, 5.41) is 7.24. The summed E-state index contributed by atoms with van der Waals surface area (Å²) in [6.45, 7) is 1.92. The molecule has 0 aliphatic rings. The van der Waals surface area contributed by atoms with Crippen LogP contribution in [0.4, 0.5) is 10.1 Å². The maximum atomic E-state index is 13.5. The number of benzene rings is 2. The van der Waals surface area contributed by atoms with Crippen molar-refractivity contribution in [2.24, 2.45) is 5.10 Å². The molecule has 0 amide bonds. The van der Waals surface area contributed by atoms with Gasteiger partial charge in [0.1, 0.15) is 11.6 Å². The molecule has 6 heteroatoms. The van der Waals surface area contributed by atoms with E-state index in [0.29, 0.717) is 5.69 Å². The van der Waals surface area contributed by atoms with Gasteiger partial charge in [0.15, 0.2) is 5.11 Å². The van der Waals surface area contributed by atoms with Crippen LogP contribution in [0.25, 0.3) is 0 Å². The van der Waals surface area contributed by atoms with Gasteiger partial charge < -0.3 is 10.1 Å². The Morgan fingerprint density at radius 3 is 2.54 bits per heavy atom. The van der Waals surface area contributed by atoms with Gasteiger partial charge in [-0.15, -0.1) is 0 Å². The van der Waals surface area contributed by atoms with Crippen LogP contribution >= 0.6 is 12.2 Å². The van der Waals surface area contributed by atoms with Gasteiger partial charge in [-0.05, 0) is 61.8 Å². The zero-order chi connectivity index (χ0) is 17.4. The summed E-state index contributed by atoms with van der Waals surface area (Å²) in [7, 11) is 1.65. The van der Waals surface area contributed by atoms with Gasteiger partial charge in [0.2, 0.25) is 0 Å². The smallest absolute Gasteiger partial charge is 0.191 e. The predicted molar refractivity (Wildman–Crippen MR) is 100 cm³/mol. The number of ether oxygens (including phenoxy) is 1. The number of halogens is 1. The lowest BCUT2D eigenvalue weighted by Gasteiger charge is -2.09. The van der Waals surface area contributed by atoms with Crippen LogP contribution in [-0.2, 0) is 6.42 Å². The number of aryl methyl sites for hydroxylation is 1. The number of hydrazone groups is 1. The van der Waals surface area contributed by atoms with Crippen molar-refractivity contribution in [3.63, 3.8) is 0 Å². The minimum absolute atomic E-state index is 0.254. The highest BCUT2D eigenvalue weighted by atomic mass is 32.1. The number of methoxy groups -OCH3 is 1. The van der Waals surface area contributed by atoms with Crippen LogP contribution in [0.2, 0.25) is 0 Å². The van der Waals surface area contributed by atoms with Crippen molar-refractivity contribution in [3.05, 3.63) is 59.9 Å². The lowest BCUT2D eigenvalue weighted by atomic mass is 10.1. The predicted octanol–water partition coefficient (Wildman–Crippen LogP) is 4.13. The van der Waals surface area contributed by atoms with Crippen molar-refractivity contribution in [1.29, 1.82) is 0 Å². The van der Waals surface area contributed by atoms with Gasteiger partial charge in [-0.1, -0.05) is 24.3 Å². The Balaban J connectivity index is 1.80. The Morgan fingerprint density at radius 1 is 1.17 bits per heavy atom. The fourth-order valence-corrected chi connectivity index (χ4v) is 2.19. The van der Waals surface area contributed by atoms with Gasteiger partial charge >= 0.3 is 0 Å². The van der Waals surface area contributed by atoms with E-state index >= 15 is 0 Å². The summed E-state index contributed by atoms with van der Waals surface area (Å²) in [6.07, 6.45) is 1.66. The Kier molecular flexibility index (Phi) is 6.69. The fourth-order valence-electron chi connectivity index (χ4n) is 2.03. The van der Waals surface area contributed by atoms with E-state index in [2.05, 4.69) is 15.8 Å². The van der Waals surface area contributed by atoms with Crippen LogP contribution < -0.4 is 15.5 Å². The lowest BCUT2D eigenvalue weighted by molar-refractivity contribution is 0.414. The quantitative estimate of drug-likeness (QED) is 0.469. The molecule has 0 heterocycles. The molecule has 0 saturated heterocycles. The lowest BCUT2D eigenvalue weighted by Crippen LogP contribution is -2.25. The van der Waals surface area contributed by atoms with Gasteiger partial charge in [0, 0.05) is 5.71 Å². The molecule has 2 aromatic rings. The maximum Gasteiger partial charge on any atom is 0.191 e. The molecule has 0 saturated carbocycles. The van der Waals surface area contributed by atoms with E-state index in [4.69, 9.17) is 17.0 Å². The van der Waals surface area contributed by atoms with Gasteiger partial charge in [-0.25, -0.2) is 4.39 Å². The van der Waals surface area contributed by atoms with Gasteiger partial charge in [0.05, 0.1) is 12.8 Å². The zero-order valence-corrected chi connectivity index (χ0v) is 14.5. The minimum atomic E-state index is -0.359.